The van der Waals surface area contributed by atoms with Gasteiger partial charge in [-0.1, -0.05) is 48.0 Å². The molecule has 0 spiro atoms. The van der Waals surface area contributed by atoms with Gasteiger partial charge < -0.3 is 5.11 Å². The van der Waals surface area contributed by atoms with Crippen molar-refractivity contribution in [2.24, 2.45) is 4.99 Å². The van der Waals surface area contributed by atoms with Crippen molar-refractivity contribution >= 4 is 29.0 Å². The Labute approximate surface area is 213 Å². The van der Waals surface area contributed by atoms with Gasteiger partial charge >= 0.3 is 5.97 Å². The number of pyridine rings is 1. The van der Waals surface area contributed by atoms with E-state index in [2.05, 4.69) is 6.07 Å². The third kappa shape index (κ3) is 4.57. The molecule has 0 radical (unpaired) electrons. The fourth-order valence-corrected chi connectivity index (χ4v) is 4.74. The lowest BCUT2D eigenvalue weighted by molar-refractivity contribution is -0.909. The zero-order valence-corrected chi connectivity index (χ0v) is 19.9. The number of aromatic nitrogens is 1. The quantitative estimate of drug-likeness (QED) is 0.263. The molecule has 7 heteroatoms. The van der Waals surface area contributed by atoms with E-state index in [1.807, 2.05) is 42.5 Å². The smallest absolute Gasteiger partial charge is 0.335 e. The maximum atomic E-state index is 11.4. The second-order valence-corrected chi connectivity index (χ2v) is 9.10. The van der Waals surface area contributed by atoms with Gasteiger partial charge in [-0.05, 0) is 53.9 Å². The van der Waals surface area contributed by atoms with Gasteiger partial charge in [-0.3, -0.25) is 10.2 Å². The number of benzene rings is 3. The zero-order chi connectivity index (χ0) is 25.2. The predicted molar refractivity (Wildman–Crippen MR) is 136 cm³/mol. The van der Waals surface area contributed by atoms with E-state index in [9.17, 15) is 20.4 Å². The average molecular weight is 495 g/mol. The zero-order valence-electron chi connectivity index (χ0n) is 19.1. The van der Waals surface area contributed by atoms with Crippen molar-refractivity contribution in [1.29, 1.82) is 5.26 Å². The fourth-order valence-electron chi connectivity index (χ4n) is 4.57. The Balaban J connectivity index is 1.56. The number of fused-ring (bicyclic) bond motifs is 1. The number of hydrogen-bond acceptors (Lipinski definition) is 4. The SMILES string of the molecule is N#Cc1ccc(Cl)cc1-c1ccc([C@@H](Cc2ccccc2)C2=Nc3cc(C(=O)O)ccc3C2)[n+](O)c1. The van der Waals surface area contributed by atoms with Gasteiger partial charge in [-0.2, -0.15) is 5.26 Å². The Morgan fingerprint density at radius 2 is 1.89 bits per heavy atom. The second-order valence-electron chi connectivity index (χ2n) is 8.66. The van der Waals surface area contributed by atoms with E-state index < -0.39 is 5.97 Å². The Morgan fingerprint density at radius 3 is 2.61 bits per heavy atom. The number of nitrogens with zero attached hydrogens (tertiary/aromatic N) is 3. The molecule has 0 bridgehead atoms. The number of rotatable bonds is 6. The predicted octanol–water partition coefficient (Wildman–Crippen LogP) is 5.76. The van der Waals surface area contributed by atoms with Gasteiger partial charge in [-0.15, -0.1) is 0 Å². The van der Waals surface area contributed by atoms with Crippen LogP contribution >= 0.6 is 11.6 Å². The molecule has 0 saturated carbocycles. The second kappa shape index (κ2) is 9.65. The first-order valence-corrected chi connectivity index (χ1v) is 11.7. The first kappa shape index (κ1) is 23.3. The summed E-state index contributed by atoms with van der Waals surface area (Å²) in [6, 6.07) is 25.8. The van der Waals surface area contributed by atoms with Gasteiger partial charge in [0.15, 0.2) is 0 Å². The molecule has 176 valence electrons. The summed E-state index contributed by atoms with van der Waals surface area (Å²) < 4.78 is 1.08. The Kier molecular flexibility index (Phi) is 6.24. The number of carboxylic acids is 1. The summed E-state index contributed by atoms with van der Waals surface area (Å²) in [5, 5.41) is 30.5. The van der Waals surface area contributed by atoms with Gasteiger partial charge in [0.05, 0.1) is 34.4 Å². The minimum atomic E-state index is -0.996. The summed E-state index contributed by atoms with van der Waals surface area (Å²) in [7, 11) is 0. The highest BCUT2D eigenvalue weighted by molar-refractivity contribution is 6.30. The Bertz CT molecular complexity index is 1560. The van der Waals surface area contributed by atoms with Gasteiger partial charge in [0.25, 0.3) is 0 Å². The lowest BCUT2D eigenvalue weighted by Gasteiger charge is -2.15. The number of nitriles is 1. The highest BCUT2D eigenvalue weighted by Crippen LogP contribution is 2.34. The highest BCUT2D eigenvalue weighted by atomic mass is 35.5. The van der Waals surface area contributed by atoms with Crippen molar-refractivity contribution in [3.05, 3.63) is 118 Å². The standard InChI is InChI=1S/C29H20ClN3O3/c30-23-10-8-21(16-31)24(15-23)22-9-11-28(33(36)17-22)25(12-18-4-2-1-3-5-18)27-13-19-6-7-20(29(34)35)14-26(19)32-27/h1-11,14-15,17,25H,12-13H2,(H-,34,35,36)/p+1/t25-/m0/s1. The molecule has 0 fully saturated rings. The summed E-state index contributed by atoms with van der Waals surface area (Å²) in [5.74, 6) is -1.26. The van der Waals surface area contributed by atoms with Crippen molar-refractivity contribution in [2.45, 2.75) is 18.8 Å². The van der Waals surface area contributed by atoms with Crippen LogP contribution in [0, 0.1) is 11.3 Å². The topological polar surface area (TPSA) is 97.6 Å². The van der Waals surface area contributed by atoms with E-state index in [-0.39, 0.29) is 11.5 Å². The summed E-state index contributed by atoms with van der Waals surface area (Å²) in [5.41, 5.74) is 6.08. The molecule has 4 aromatic rings. The summed E-state index contributed by atoms with van der Waals surface area (Å²) >= 11 is 6.17. The van der Waals surface area contributed by atoms with Crippen LogP contribution in [-0.4, -0.2) is 22.0 Å². The number of aliphatic imine (C=N–C) groups is 1. The van der Waals surface area contributed by atoms with E-state index in [0.717, 1.165) is 21.6 Å². The van der Waals surface area contributed by atoms with Crippen LogP contribution in [0.5, 0.6) is 0 Å². The molecule has 0 saturated heterocycles. The molecule has 6 nitrogen and oxygen atoms in total. The van der Waals surface area contributed by atoms with Crippen LogP contribution in [0.15, 0.2) is 90.1 Å². The lowest BCUT2D eigenvalue weighted by Crippen LogP contribution is -2.39. The highest BCUT2D eigenvalue weighted by Gasteiger charge is 2.32. The van der Waals surface area contributed by atoms with Crippen molar-refractivity contribution < 1.29 is 19.8 Å². The van der Waals surface area contributed by atoms with Gasteiger partial charge in [0.2, 0.25) is 11.9 Å². The third-order valence-electron chi connectivity index (χ3n) is 6.38. The van der Waals surface area contributed by atoms with Crippen molar-refractivity contribution in [1.82, 2.24) is 0 Å². The van der Waals surface area contributed by atoms with Crippen LogP contribution in [0.3, 0.4) is 0 Å². The van der Waals surface area contributed by atoms with Gasteiger partial charge in [-0.25, -0.2) is 4.79 Å². The van der Waals surface area contributed by atoms with E-state index in [0.29, 0.717) is 45.9 Å². The Morgan fingerprint density at radius 1 is 1.08 bits per heavy atom. The first-order valence-electron chi connectivity index (χ1n) is 11.4. The molecule has 3 aromatic carbocycles. The van der Waals surface area contributed by atoms with E-state index in [4.69, 9.17) is 16.6 Å². The van der Waals surface area contributed by atoms with Crippen LogP contribution in [0.2, 0.25) is 5.02 Å². The van der Waals surface area contributed by atoms with Gasteiger partial charge in [0.1, 0.15) is 0 Å². The third-order valence-corrected chi connectivity index (χ3v) is 6.62. The minimum Gasteiger partial charge on any atom is -0.478 e. The summed E-state index contributed by atoms with van der Waals surface area (Å²) in [4.78, 5) is 16.2. The van der Waals surface area contributed by atoms with Crippen LogP contribution in [0.1, 0.15) is 38.7 Å². The number of halogens is 1. The first-order chi connectivity index (χ1) is 17.4. The molecule has 5 rings (SSSR count). The summed E-state index contributed by atoms with van der Waals surface area (Å²) in [6.07, 6.45) is 2.73. The molecule has 1 aromatic heterocycles. The molecule has 0 amide bonds. The number of hydrogen-bond donors (Lipinski definition) is 2. The molecule has 0 unspecified atom stereocenters. The van der Waals surface area contributed by atoms with Crippen molar-refractivity contribution in [3.8, 4) is 17.2 Å². The van der Waals surface area contributed by atoms with E-state index in [1.54, 1.807) is 42.6 Å². The van der Waals surface area contributed by atoms with Crippen LogP contribution in [0.4, 0.5) is 5.69 Å². The molecule has 0 aliphatic carbocycles. The average Bonchev–Trinajstić information content (AvgIpc) is 3.31. The monoisotopic (exact) mass is 494 g/mol. The van der Waals surface area contributed by atoms with E-state index >= 15 is 0 Å². The van der Waals surface area contributed by atoms with Gasteiger partial charge in [0, 0.05) is 33.5 Å². The van der Waals surface area contributed by atoms with Crippen molar-refractivity contribution in [2.75, 3.05) is 0 Å². The number of aromatic carboxylic acids is 1. The normalized spacial score (nSPS) is 12.9. The maximum absolute atomic E-state index is 11.4. The molecule has 36 heavy (non-hydrogen) atoms. The van der Waals surface area contributed by atoms with Crippen LogP contribution in [-0.2, 0) is 12.8 Å². The maximum Gasteiger partial charge on any atom is 0.335 e. The molecule has 1 atom stereocenters. The van der Waals surface area contributed by atoms with Crippen LogP contribution in [0.25, 0.3) is 11.1 Å². The van der Waals surface area contributed by atoms with E-state index in [1.165, 1.54) is 0 Å². The van der Waals surface area contributed by atoms with Crippen molar-refractivity contribution in [3.63, 3.8) is 0 Å². The fraction of sp³-hybridized carbons (Fsp3) is 0.103. The summed E-state index contributed by atoms with van der Waals surface area (Å²) in [6.45, 7) is 0. The Hall–Kier alpha value is -4.47. The number of carboxylic acid groups (broad SMARTS) is 1. The molecule has 2 N–H and O–H groups in total. The molecule has 1 aliphatic heterocycles. The molecule has 2 heterocycles. The number of carbonyl (C=O) groups is 1. The molecular formula is C29H21ClN3O3+. The molecular weight excluding hydrogens is 474 g/mol. The molecule has 1 aliphatic rings. The van der Waals surface area contributed by atoms with Crippen LogP contribution < -0.4 is 4.73 Å². The lowest BCUT2D eigenvalue weighted by atomic mass is 9.88. The largest absolute Gasteiger partial charge is 0.478 e. The minimum absolute atomic E-state index is 0.190.